The third kappa shape index (κ3) is 4.62. The molecule has 0 amide bonds. The van der Waals surface area contributed by atoms with Gasteiger partial charge in [0.25, 0.3) is 0 Å². The molecule has 1 unspecified atom stereocenters. The average Bonchev–Trinajstić information content (AvgIpc) is 2.92. The molecule has 1 saturated heterocycles. The first kappa shape index (κ1) is 14.5. The molecule has 4 nitrogen and oxygen atoms in total. The molecule has 1 aliphatic heterocycles. The summed E-state index contributed by atoms with van der Waals surface area (Å²) in [6.45, 7) is 3.93. The van der Waals surface area contributed by atoms with E-state index in [1.54, 1.807) is 6.07 Å². The van der Waals surface area contributed by atoms with Gasteiger partial charge in [-0.05, 0) is 19.3 Å². The van der Waals surface area contributed by atoms with Crippen molar-refractivity contribution in [1.29, 1.82) is 0 Å². The van der Waals surface area contributed by atoms with Crippen molar-refractivity contribution < 1.29 is 4.74 Å². The fourth-order valence-electron chi connectivity index (χ4n) is 2.22. The number of nitrogens with zero attached hydrogens (tertiary/aromatic N) is 2. The van der Waals surface area contributed by atoms with E-state index in [2.05, 4.69) is 22.2 Å². The molecule has 1 N–H and O–H groups in total. The van der Waals surface area contributed by atoms with E-state index in [-0.39, 0.29) is 6.10 Å². The summed E-state index contributed by atoms with van der Waals surface area (Å²) >= 11 is 6.04. The molecule has 1 fully saturated rings. The van der Waals surface area contributed by atoms with Crippen molar-refractivity contribution in [2.45, 2.75) is 51.6 Å². The van der Waals surface area contributed by atoms with Gasteiger partial charge in [-0.15, -0.1) is 0 Å². The monoisotopic (exact) mass is 283 g/mol. The minimum atomic E-state index is 0.0133. The van der Waals surface area contributed by atoms with E-state index in [9.17, 15) is 0 Å². The molecule has 2 rings (SSSR count). The van der Waals surface area contributed by atoms with Crippen LogP contribution < -0.4 is 5.32 Å². The zero-order valence-electron chi connectivity index (χ0n) is 11.5. The van der Waals surface area contributed by atoms with Crippen LogP contribution >= 0.6 is 11.6 Å². The van der Waals surface area contributed by atoms with Crippen molar-refractivity contribution in [1.82, 2.24) is 9.97 Å². The van der Waals surface area contributed by atoms with E-state index in [1.807, 2.05) is 0 Å². The fraction of sp³-hybridized carbons (Fsp3) is 0.714. The molecule has 2 heterocycles. The van der Waals surface area contributed by atoms with Crippen LogP contribution in [0.3, 0.4) is 0 Å². The lowest BCUT2D eigenvalue weighted by atomic mass is 10.2. The van der Waals surface area contributed by atoms with Crippen LogP contribution in [0.15, 0.2) is 6.07 Å². The van der Waals surface area contributed by atoms with Crippen LogP contribution in [0, 0.1) is 0 Å². The third-order valence-corrected chi connectivity index (χ3v) is 3.46. The first-order valence-electron chi connectivity index (χ1n) is 7.19. The van der Waals surface area contributed by atoms with E-state index in [0.717, 1.165) is 38.2 Å². The molecular formula is C14H22ClN3O. The summed E-state index contributed by atoms with van der Waals surface area (Å²) in [5.41, 5.74) is 0. The van der Waals surface area contributed by atoms with Gasteiger partial charge in [0.05, 0.1) is 0 Å². The van der Waals surface area contributed by atoms with E-state index < -0.39 is 0 Å². The minimum absolute atomic E-state index is 0.0133. The summed E-state index contributed by atoms with van der Waals surface area (Å²) in [7, 11) is 0. The summed E-state index contributed by atoms with van der Waals surface area (Å²) < 4.78 is 5.60. The predicted molar refractivity (Wildman–Crippen MR) is 77.6 cm³/mol. The lowest BCUT2D eigenvalue weighted by Gasteiger charge is -2.11. The molecule has 1 atom stereocenters. The van der Waals surface area contributed by atoms with Gasteiger partial charge < -0.3 is 10.1 Å². The summed E-state index contributed by atoms with van der Waals surface area (Å²) in [5.74, 6) is 1.52. The van der Waals surface area contributed by atoms with Crippen molar-refractivity contribution in [3.8, 4) is 0 Å². The van der Waals surface area contributed by atoms with Crippen LogP contribution in [0.1, 0.15) is 57.4 Å². The Hall–Kier alpha value is -0.870. The number of unbranched alkanes of at least 4 members (excludes halogenated alkanes) is 3. The first-order valence-corrected chi connectivity index (χ1v) is 7.57. The molecular weight excluding hydrogens is 262 g/mol. The molecule has 0 aromatic carbocycles. The second-order valence-electron chi connectivity index (χ2n) is 4.92. The lowest BCUT2D eigenvalue weighted by molar-refractivity contribution is 0.105. The van der Waals surface area contributed by atoms with Crippen molar-refractivity contribution in [3.05, 3.63) is 17.0 Å². The smallest absolute Gasteiger partial charge is 0.161 e. The Balaban J connectivity index is 1.89. The van der Waals surface area contributed by atoms with E-state index in [1.165, 1.54) is 19.3 Å². The van der Waals surface area contributed by atoms with Gasteiger partial charge >= 0.3 is 0 Å². The Bertz CT molecular complexity index is 394. The van der Waals surface area contributed by atoms with Crippen LogP contribution in [0.2, 0.25) is 5.15 Å². The second-order valence-corrected chi connectivity index (χ2v) is 5.31. The summed E-state index contributed by atoms with van der Waals surface area (Å²) in [6.07, 6.45) is 7.01. The van der Waals surface area contributed by atoms with Gasteiger partial charge in [-0.3, -0.25) is 0 Å². The average molecular weight is 284 g/mol. The fourth-order valence-corrected chi connectivity index (χ4v) is 2.41. The molecule has 19 heavy (non-hydrogen) atoms. The number of rotatable bonds is 7. The van der Waals surface area contributed by atoms with Crippen LogP contribution in [-0.4, -0.2) is 23.1 Å². The quantitative estimate of drug-likeness (QED) is 0.607. The maximum Gasteiger partial charge on any atom is 0.161 e. The van der Waals surface area contributed by atoms with Crippen LogP contribution in [0.25, 0.3) is 0 Å². The number of hydrogen-bond donors (Lipinski definition) is 1. The number of hydrogen-bond acceptors (Lipinski definition) is 4. The van der Waals surface area contributed by atoms with Crippen molar-refractivity contribution in [2.75, 3.05) is 18.5 Å². The molecule has 1 aliphatic rings. The first-order chi connectivity index (χ1) is 9.29. The number of nitrogens with one attached hydrogen (secondary N) is 1. The molecule has 0 saturated carbocycles. The van der Waals surface area contributed by atoms with Gasteiger partial charge in [-0.25, -0.2) is 9.97 Å². The van der Waals surface area contributed by atoms with E-state index >= 15 is 0 Å². The Morgan fingerprint density at radius 2 is 2.26 bits per heavy atom. The highest BCUT2D eigenvalue weighted by molar-refractivity contribution is 6.29. The molecule has 1 aromatic rings. The summed E-state index contributed by atoms with van der Waals surface area (Å²) in [4.78, 5) is 8.76. The molecule has 106 valence electrons. The largest absolute Gasteiger partial charge is 0.370 e. The van der Waals surface area contributed by atoms with Crippen LogP contribution in [0.4, 0.5) is 5.82 Å². The van der Waals surface area contributed by atoms with Gasteiger partial charge in [0.15, 0.2) is 5.82 Å². The van der Waals surface area contributed by atoms with Crippen LogP contribution in [-0.2, 0) is 4.74 Å². The Kier molecular flexibility index (Phi) is 5.86. The number of aromatic nitrogens is 2. The normalized spacial score (nSPS) is 18.7. The van der Waals surface area contributed by atoms with Gasteiger partial charge in [-0.2, -0.15) is 0 Å². The molecule has 0 radical (unpaired) electrons. The number of ether oxygens (including phenoxy) is 1. The van der Waals surface area contributed by atoms with Crippen molar-refractivity contribution in [3.63, 3.8) is 0 Å². The third-order valence-electron chi connectivity index (χ3n) is 3.27. The second kappa shape index (κ2) is 7.65. The zero-order chi connectivity index (χ0) is 13.5. The number of anilines is 1. The standard InChI is InChI=1S/C14H22ClN3O/c1-2-3-4-5-8-16-13-10-12(15)17-14(18-13)11-7-6-9-19-11/h10-11H,2-9H2,1H3,(H,16,17,18). The Morgan fingerprint density at radius 1 is 1.37 bits per heavy atom. The van der Waals surface area contributed by atoms with Gasteiger partial charge in [0.1, 0.15) is 17.1 Å². The minimum Gasteiger partial charge on any atom is -0.370 e. The molecule has 1 aromatic heterocycles. The maximum atomic E-state index is 6.04. The SMILES string of the molecule is CCCCCCNc1cc(Cl)nc(C2CCCO2)n1. The summed E-state index contributed by atoms with van der Waals surface area (Å²) in [6, 6.07) is 1.78. The highest BCUT2D eigenvalue weighted by atomic mass is 35.5. The van der Waals surface area contributed by atoms with Gasteiger partial charge in [-0.1, -0.05) is 37.8 Å². The van der Waals surface area contributed by atoms with Gasteiger partial charge in [0, 0.05) is 19.2 Å². The highest BCUT2D eigenvalue weighted by Gasteiger charge is 2.21. The topological polar surface area (TPSA) is 47.0 Å². The van der Waals surface area contributed by atoms with Gasteiger partial charge in [0.2, 0.25) is 0 Å². The molecule has 0 aliphatic carbocycles. The lowest BCUT2D eigenvalue weighted by Crippen LogP contribution is -2.08. The highest BCUT2D eigenvalue weighted by Crippen LogP contribution is 2.27. The number of halogens is 1. The van der Waals surface area contributed by atoms with E-state index in [0.29, 0.717) is 11.0 Å². The molecule has 0 spiro atoms. The van der Waals surface area contributed by atoms with Crippen molar-refractivity contribution in [2.24, 2.45) is 0 Å². The zero-order valence-corrected chi connectivity index (χ0v) is 12.2. The summed E-state index contributed by atoms with van der Waals surface area (Å²) in [5, 5.41) is 3.80. The molecule has 0 bridgehead atoms. The van der Waals surface area contributed by atoms with E-state index in [4.69, 9.17) is 16.3 Å². The Morgan fingerprint density at radius 3 is 3.00 bits per heavy atom. The predicted octanol–water partition coefficient (Wildman–Crippen LogP) is 3.97. The van der Waals surface area contributed by atoms with Crippen LogP contribution in [0.5, 0.6) is 0 Å². The van der Waals surface area contributed by atoms with Crippen molar-refractivity contribution >= 4 is 17.4 Å². The Labute approximate surface area is 119 Å². The molecule has 5 heteroatoms. The maximum absolute atomic E-state index is 6.04.